The molecule has 8 aromatic carbocycles. The first-order valence-electron chi connectivity index (χ1n) is 17.1. The van der Waals surface area contributed by atoms with Crippen molar-refractivity contribution in [2.75, 3.05) is 0 Å². The largest absolute Gasteiger partial charge is 0.456 e. The van der Waals surface area contributed by atoms with Crippen LogP contribution in [0.15, 0.2) is 180 Å². The van der Waals surface area contributed by atoms with Crippen LogP contribution in [0.4, 0.5) is 0 Å². The highest BCUT2D eigenvalue weighted by Gasteiger charge is 2.16. The fourth-order valence-electron chi connectivity index (χ4n) is 7.10. The van der Waals surface area contributed by atoms with Crippen molar-refractivity contribution in [1.82, 2.24) is 15.0 Å². The maximum Gasteiger partial charge on any atom is 0.164 e. The van der Waals surface area contributed by atoms with Gasteiger partial charge >= 0.3 is 0 Å². The third-order valence-electron chi connectivity index (χ3n) is 9.72. The number of furan rings is 1. The van der Waals surface area contributed by atoms with Crippen LogP contribution in [0.1, 0.15) is 0 Å². The molecule has 2 heterocycles. The Hall–Kier alpha value is -6.91. The molecule has 0 unspecified atom stereocenters. The van der Waals surface area contributed by atoms with Crippen LogP contribution in [0.25, 0.3) is 99.9 Å². The maximum absolute atomic E-state index is 6.22. The Morgan fingerprint density at radius 2 is 0.863 bits per heavy atom. The van der Waals surface area contributed by atoms with Gasteiger partial charge in [-0.1, -0.05) is 146 Å². The molecular weight excluding hydrogens is 623 g/mol. The zero-order chi connectivity index (χ0) is 33.7. The summed E-state index contributed by atoms with van der Waals surface area (Å²) in [4.78, 5) is 15.3. The molecule has 0 bridgehead atoms. The van der Waals surface area contributed by atoms with Crippen LogP contribution >= 0.6 is 0 Å². The van der Waals surface area contributed by atoms with Gasteiger partial charge in [0.05, 0.1) is 0 Å². The quantitative estimate of drug-likeness (QED) is 0.186. The number of hydrogen-bond donors (Lipinski definition) is 0. The van der Waals surface area contributed by atoms with Crippen molar-refractivity contribution in [3.05, 3.63) is 176 Å². The first kappa shape index (κ1) is 29.0. The molecular formula is C47H29N3O. The first-order chi connectivity index (χ1) is 25.2. The van der Waals surface area contributed by atoms with Crippen molar-refractivity contribution < 1.29 is 4.42 Å². The number of fused-ring (bicyclic) bond motifs is 5. The SMILES string of the molecule is c1cc(-c2ccc3c(c2)oc2ccccc23)cc(-c2nc(-c3ccc(-c4ccc5ccccc5c4)cc3)nc(-c3cccc4ccccc34)n2)c1. The summed E-state index contributed by atoms with van der Waals surface area (Å²) in [5.74, 6) is 1.88. The minimum atomic E-state index is 0.619. The normalized spacial score (nSPS) is 11.5. The number of nitrogens with zero attached hydrogens (tertiary/aromatic N) is 3. The Morgan fingerprint density at radius 3 is 1.75 bits per heavy atom. The van der Waals surface area contributed by atoms with Crippen LogP contribution in [0.5, 0.6) is 0 Å². The molecule has 238 valence electrons. The van der Waals surface area contributed by atoms with E-state index in [-0.39, 0.29) is 0 Å². The van der Waals surface area contributed by atoms with Gasteiger partial charge in [-0.3, -0.25) is 0 Å². The van der Waals surface area contributed by atoms with Crippen molar-refractivity contribution in [3.63, 3.8) is 0 Å². The third-order valence-corrected chi connectivity index (χ3v) is 9.72. The van der Waals surface area contributed by atoms with E-state index >= 15 is 0 Å². The molecule has 0 aliphatic rings. The van der Waals surface area contributed by atoms with Gasteiger partial charge in [0.1, 0.15) is 11.2 Å². The molecule has 10 aromatic rings. The third kappa shape index (κ3) is 5.22. The van der Waals surface area contributed by atoms with Crippen molar-refractivity contribution in [3.8, 4) is 56.4 Å². The summed E-state index contributed by atoms with van der Waals surface area (Å²) < 4.78 is 6.22. The second-order valence-electron chi connectivity index (χ2n) is 12.9. The highest BCUT2D eigenvalue weighted by molar-refractivity contribution is 6.06. The smallest absolute Gasteiger partial charge is 0.164 e. The van der Waals surface area contributed by atoms with E-state index in [4.69, 9.17) is 19.4 Å². The van der Waals surface area contributed by atoms with E-state index in [9.17, 15) is 0 Å². The zero-order valence-corrected chi connectivity index (χ0v) is 27.5. The highest BCUT2D eigenvalue weighted by atomic mass is 16.3. The molecule has 51 heavy (non-hydrogen) atoms. The minimum Gasteiger partial charge on any atom is -0.456 e. The van der Waals surface area contributed by atoms with Crippen LogP contribution in [0, 0.1) is 0 Å². The summed E-state index contributed by atoms with van der Waals surface area (Å²) in [6.07, 6.45) is 0. The molecule has 2 aromatic heterocycles. The summed E-state index contributed by atoms with van der Waals surface area (Å²) in [7, 11) is 0. The number of aromatic nitrogens is 3. The molecule has 0 aliphatic heterocycles. The number of benzene rings is 8. The topological polar surface area (TPSA) is 51.8 Å². The molecule has 0 saturated carbocycles. The van der Waals surface area contributed by atoms with Crippen molar-refractivity contribution in [1.29, 1.82) is 0 Å². The highest BCUT2D eigenvalue weighted by Crippen LogP contribution is 2.35. The van der Waals surface area contributed by atoms with Gasteiger partial charge in [-0.2, -0.15) is 0 Å². The van der Waals surface area contributed by atoms with Gasteiger partial charge in [-0.25, -0.2) is 15.0 Å². The molecule has 0 spiro atoms. The molecule has 0 aliphatic carbocycles. The second kappa shape index (κ2) is 11.9. The summed E-state index contributed by atoms with van der Waals surface area (Å²) in [5, 5.41) is 6.93. The van der Waals surface area contributed by atoms with E-state index in [1.165, 1.54) is 16.3 Å². The van der Waals surface area contributed by atoms with Crippen LogP contribution in [0.3, 0.4) is 0 Å². The predicted octanol–water partition coefficient (Wildman–Crippen LogP) is 12.4. The molecule has 0 fully saturated rings. The van der Waals surface area contributed by atoms with E-state index in [1.54, 1.807) is 0 Å². The Kier molecular flexibility index (Phi) is 6.78. The average molecular weight is 652 g/mol. The number of hydrogen-bond acceptors (Lipinski definition) is 4. The lowest BCUT2D eigenvalue weighted by molar-refractivity contribution is 0.669. The van der Waals surface area contributed by atoms with Gasteiger partial charge in [0.25, 0.3) is 0 Å². The lowest BCUT2D eigenvalue weighted by Gasteiger charge is -2.11. The number of para-hydroxylation sites is 1. The summed E-state index contributed by atoms with van der Waals surface area (Å²) in [6, 6.07) is 61.2. The Morgan fingerprint density at radius 1 is 0.294 bits per heavy atom. The standard InChI is InChI=1S/C47H29N3O/c1-2-11-34-27-36(24-21-30(34)9-1)31-19-22-33(23-20-31)45-48-46(50-47(49-45)42-17-8-12-32-10-3-4-15-39(32)42)38-14-7-13-35(28-38)37-25-26-41-40-16-5-6-18-43(40)51-44(41)29-37/h1-29H. The maximum atomic E-state index is 6.22. The van der Waals surface area contributed by atoms with Crippen molar-refractivity contribution >= 4 is 43.5 Å². The lowest BCUT2D eigenvalue weighted by atomic mass is 10.00. The monoisotopic (exact) mass is 651 g/mol. The lowest BCUT2D eigenvalue weighted by Crippen LogP contribution is -2.00. The van der Waals surface area contributed by atoms with Crippen LogP contribution in [0.2, 0.25) is 0 Å². The van der Waals surface area contributed by atoms with Crippen LogP contribution in [-0.4, -0.2) is 15.0 Å². The van der Waals surface area contributed by atoms with Gasteiger partial charge in [-0.05, 0) is 74.1 Å². The zero-order valence-electron chi connectivity index (χ0n) is 27.5. The average Bonchev–Trinajstić information content (AvgIpc) is 3.58. The Labute approximate surface area is 294 Å². The Bertz CT molecular complexity index is 2920. The second-order valence-corrected chi connectivity index (χ2v) is 12.9. The van der Waals surface area contributed by atoms with Crippen LogP contribution in [-0.2, 0) is 0 Å². The van der Waals surface area contributed by atoms with Gasteiger partial charge in [0, 0.05) is 27.5 Å². The minimum absolute atomic E-state index is 0.619. The van der Waals surface area contributed by atoms with Crippen LogP contribution < -0.4 is 0 Å². The van der Waals surface area contributed by atoms with Gasteiger partial charge in [-0.15, -0.1) is 0 Å². The molecule has 4 heteroatoms. The first-order valence-corrected chi connectivity index (χ1v) is 17.1. The van der Waals surface area contributed by atoms with E-state index in [0.29, 0.717) is 17.5 Å². The fourth-order valence-corrected chi connectivity index (χ4v) is 7.10. The van der Waals surface area contributed by atoms with Gasteiger partial charge in [0.15, 0.2) is 17.5 Å². The molecule has 10 rings (SSSR count). The van der Waals surface area contributed by atoms with Crippen molar-refractivity contribution in [2.45, 2.75) is 0 Å². The molecule has 0 atom stereocenters. The van der Waals surface area contributed by atoms with E-state index < -0.39 is 0 Å². The van der Waals surface area contributed by atoms with E-state index in [2.05, 4.69) is 158 Å². The molecule has 0 N–H and O–H groups in total. The summed E-state index contributed by atoms with van der Waals surface area (Å²) in [6.45, 7) is 0. The molecule has 0 amide bonds. The Balaban J connectivity index is 1.09. The summed E-state index contributed by atoms with van der Waals surface area (Å²) in [5.41, 5.74) is 9.00. The summed E-state index contributed by atoms with van der Waals surface area (Å²) >= 11 is 0. The van der Waals surface area contributed by atoms with Gasteiger partial charge < -0.3 is 4.42 Å². The molecule has 0 radical (unpaired) electrons. The molecule has 4 nitrogen and oxygen atoms in total. The van der Waals surface area contributed by atoms with E-state index in [1.807, 2.05) is 18.2 Å². The molecule has 0 saturated heterocycles. The fraction of sp³-hybridized carbons (Fsp3) is 0. The van der Waals surface area contributed by atoms with Crippen molar-refractivity contribution in [2.24, 2.45) is 0 Å². The predicted molar refractivity (Wildman–Crippen MR) is 209 cm³/mol. The van der Waals surface area contributed by atoms with E-state index in [0.717, 1.165) is 66.1 Å². The van der Waals surface area contributed by atoms with Gasteiger partial charge in [0.2, 0.25) is 0 Å². The number of rotatable bonds is 5.